The molecule has 7 nitrogen and oxygen atoms in total. The Balaban J connectivity index is 1.76. The van der Waals surface area contributed by atoms with E-state index in [1.807, 2.05) is 6.07 Å². The lowest BCUT2D eigenvalue weighted by molar-refractivity contribution is 0.0698. The van der Waals surface area contributed by atoms with E-state index in [9.17, 15) is 18.3 Å². The molecule has 0 aliphatic carbocycles. The lowest BCUT2D eigenvalue weighted by Gasteiger charge is -2.37. The van der Waals surface area contributed by atoms with Gasteiger partial charge in [-0.15, -0.1) is 0 Å². The smallest absolute Gasteiger partial charge is 0.337 e. The van der Waals surface area contributed by atoms with Crippen LogP contribution in [-0.2, 0) is 10.0 Å². The molecule has 0 unspecified atom stereocenters. The molecule has 8 heteroatoms. The summed E-state index contributed by atoms with van der Waals surface area (Å²) in [6.07, 6.45) is 0.997. The molecule has 1 aliphatic rings. The summed E-state index contributed by atoms with van der Waals surface area (Å²) in [5.41, 5.74) is 3.20. The van der Waals surface area contributed by atoms with Gasteiger partial charge in [0.05, 0.1) is 17.5 Å². The molecule has 1 fully saturated rings. The third-order valence-electron chi connectivity index (χ3n) is 4.54. The van der Waals surface area contributed by atoms with Crippen LogP contribution in [0.1, 0.15) is 15.9 Å². The van der Waals surface area contributed by atoms with E-state index in [1.54, 1.807) is 6.07 Å². The summed E-state index contributed by atoms with van der Waals surface area (Å²) in [7, 11) is -3.55. The maximum absolute atomic E-state index is 11.6. The molecule has 27 heavy (non-hydrogen) atoms. The van der Waals surface area contributed by atoms with E-state index >= 15 is 0 Å². The Morgan fingerprint density at radius 3 is 2.11 bits per heavy atom. The normalized spacial score (nSPS) is 14.9. The van der Waals surface area contributed by atoms with Crippen LogP contribution in [-0.4, -0.2) is 51.9 Å². The first-order valence-corrected chi connectivity index (χ1v) is 10.5. The van der Waals surface area contributed by atoms with Crippen LogP contribution in [0.25, 0.3) is 0 Å². The van der Waals surface area contributed by atoms with E-state index in [0.717, 1.165) is 38.1 Å². The fourth-order valence-electron chi connectivity index (χ4n) is 3.24. The van der Waals surface area contributed by atoms with Crippen LogP contribution >= 0.6 is 0 Å². The molecule has 0 radical (unpaired) electrons. The summed E-state index contributed by atoms with van der Waals surface area (Å²) in [6.45, 7) is 5.24. The summed E-state index contributed by atoms with van der Waals surface area (Å²) in [5.74, 6) is -1.17. The van der Waals surface area contributed by atoms with Crippen molar-refractivity contribution in [1.82, 2.24) is 0 Å². The number of carboxylic acid groups (broad SMARTS) is 1. The topological polar surface area (TPSA) is 90.0 Å². The standard InChI is InChI=1S/C19H23N3O4S/c1-14-4-3-5-15(12-14)21-8-10-22(11-9-21)16-6-7-18(20-27(2,25)26)17(13-16)19(23)24/h3-7,12-13,20H,8-11H2,1-2H3,(H,23,24). The summed E-state index contributed by atoms with van der Waals surface area (Å²) >= 11 is 0. The number of benzene rings is 2. The van der Waals surface area contributed by atoms with Gasteiger partial charge in [-0.3, -0.25) is 4.72 Å². The van der Waals surface area contributed by atoms with Gasteiger partial charge in [0.15, 0.2) is 0 Å². The molecule has 1 saturated heterocycles. The van der Waals surface area contributed by atoms with Gasteiger partial charge in [-0.05, 0) is 42.8 Å². The van der Waals surface area contributed by atoms with Gasteiger partial charge in [-0.1, -0.05) is 12.1 Å². The van der Waals surface area contributed by atoms with Crippen LogP contribution in [0.15, 0.2) is 42.5 Å². The van der Waals surface area contributed by atoms with Crippen molar-refractivity contribution in [2.75, 3.05) is 47.0 Å². The van der Waals surface area contributed by atoms with Crippen molar-refractivity contribution in [2.45, 2.75) is 6.92 Å². The van der Waals surface area contributed by atoms with Crippen LogP contribution < -0.4 is 14.5 Å². The first-order valence-electron chi connectivity index (χ1n) is 8.64. The number of anilines is 3. The Hall–Kier alpha value is -2.74. The zero-order valence-electron chi connectivity index (χ0n) is 15.3. The van der Waals surface area contributed by atoms with Gasteiger partial charge in [0.2, 0.25) is 10.0 Å². The van der Waals surface area contributed by atoms with E-state index in [0.29, 0.717) is 0 Å². The maximum Gasteiger partial charge on any atom is 0.337 e. The van der Waals surface area contributed by atoms with Crippen molar-refractivity contribution in [3.05, 3.63) is 53.6 Å². The number of carboxylic acids is 1. The lowest BCUT2D eigenvalue weighted by atomic mass is 10.1. The summed E-state index contributed by atoms with van der Waals surface area (Å²) in [5, 5.41) is 9.44. The van der Waals surface area contributed by atoms with E-state index < -0.39 is 16.0 Å². The number of aryl methyl sites for hydroxylation is 1. The average Bonchev–Trinajstić information content (AvgIpc) is 2.61. The van der Waals surface area contributed by atoms with E-state index in [2.05, 4.69) is 39.6 Å². The third kappa shape index (κ3) is 4.71. The molecular formula is C19H23N3O4S. The summed E-state index contributed by atoms with van der Waals surface area (Å²) < 4.78 is 25.1. The zero-order chi connectivity index (χ0) is 19.6. The number of sulfonamides is 1. The molecule has 1 heterocycles. The molecule has 2 aromatic carbocycles. The zero-order valence-corrected chi connectivity index (χ0v) is 16.2. The van der Waals surface area contributed by atoms with Crippen LogP contribution in [0.3, 0.4) is 0 Å². The molecule has 2 N–H and O–H groups in total. The highest BCUT2D eigenvalue weighted by Gasteiger charge is 2.20. The van der Waals surface area contributed by atoms with Gasteiger partial charge in [-0.2, -0.15) is 0 Å². The summed E-state index contributed by atoms with van der Waals surface area (Å²) in [4.78, 5) is 16.0. The molecule has 3 rings (SSSR count). The van der Waals surface area contributed by atoms with E-state index in [1.165, 1.54) is 23.4 Å². The Morgan fingerprint density at radius 1 is 1.00 bits per heavy atom. The van der Waals surface area contributed by atoms with Crippen molar-refractivity contribution < 1.29 is 18.3 Å². The minimum absolute atomic E-state index is 0.0564. The van der Waals surface area contributed by atoms with Gasteiger partial charge < -0.3 is 14.9 Å². The highest BCUT2D eigenvalue weighted by Crippen LogP contribution is 2.26. The minimum atomic E-state index is -3.55. The second-order valence-corrected chi connectivity index (χ2v) is 8.47. The second-order valence-electron chi connectivity index (χ2n) is 6.72. The van der Waals surface area contributed by atoms with Crippen LogP contribution in [0.5, 0.6) is 0 Å². The number of nitrogens with one attached hydrogen (secondary N) is 1. The fourth-order valence-corrected chi connectivity index (χ4v) is 3.82. The van der Waals surface area contributed by atoms with Crippen LogP contribution in [0.2, 0.25) is 0 Å². The summed E-state index contributed by atoms with van der Waals surface area (Å²) in [6, 6.07) is 13.1. The molecule has 0 aromatic heterocycles. The molecule has 0 bridgehead atoms. The largest absolute Gasteiger partial charge is 0.478 e. The Morgan fingerprint density at radius 2 is 1.59 bits per heavy atom. The number of hydrogen-bond acceptors (Lipinski definition) is 5. The monoisotopic (exact) mass is 389 g/mol. The average molecular weight is 389 g/mol. The first kappa shape index (κ1) is 19.0. The predicted octanol–water partition coefficient (Wildman–Crippen LogP) is 2.39. The van der Waals surface area contributed by atoms with Gasteiger partial charge in [-0.25, -0.2) is 13.2 Å². The Bertz CT molecular complexity index is 951. The van der Waals surface area contributed by atoms with Gasteiger partial charge in [0.1, 0.15) is 0 Å². The van der Waals surface area contributed by atoms with Crippen molar-refractivity contribution in [2.24, 2.45) is 0 Å². The molecule has 0 spiro atoms. The SMILES string of the molecule is Cc1cccc(N2CCN(c3ccc(NS(C)(=O)=O)c(C(=O)O)c3)CC2)c1. The fraction of sp³-hybridized carbons (Fsp3) is 0.316. The van der Waals surface area contributed by atoms with E-state index in [-0.39, 0.29) is 11.3 Å². The molecule has 0 amide bonds. The quantitative estimate of drug-likeness (QED) is 0.816. The Labute approximate surface area is 159 Å². The molecule has 2 aromatic rings. The molecular weight excluding hydrogens is 366 g/mol. The first-order chi connectivity index (χ1) is 12.7. The molecule has 0 atom stereocenters. The maximum atomic E-state index is 11.6. The van der Waals surface area contributed by atoms with Crippen molar-refractivity contribution >= 4 is 33.1 Å². The second kappa shape index (κ2) is 7.48. The lowest BCUT2D eigenvalue weighted by Crippen LogP contribution is -2.46. The number of piperazine rings is 1. The number of aromatic carboxylic acids is 1. The predicted molar refractivity (Wildman–Crippen MR) is 107 cm³/mol. The molecule has 1 aliphatic heterocycles. The number of nitrogens with zero attached hydrogens (tertiary/aromatic N) is 2. The van der Waals surface area contributed by atoms with Gasteiger partial charge >= 0.3 is 5.97 Å². The highest BCUT2D eigenvalue weighted by molar-refractivity contribution is 7.92. The highest BCUT2D eigenvalue weighted by atomic mass is 32.2. The Kier molecular flexibility index (Phi) is 5.27. The molecule has 0 saturated carbocycles. The van der Waals surface area contributed by atoms with Crippen LogP contribution in [0.4, 0.5) is 17.1 Å². The molecule has 144 valence electrons. The number of hydrogen-bond donors (Lipinski definition) is 2. The van der Waals surface area contributed by atoms with E-state index in [4.69, 9.17) is 0 Å². The van der Waals surface area contributed by atoms with Crippen molar-refractivity contribution in [3.63, 3.8) is 0 Å². The minimum Gasteiger partial charge on any atom is -0.478 e. The van der Waals surface area contributed by atoms with Gasteiger partial charge in [0, 0.05) is 37.6 Å². The third-order valence-corrected chi connectivity index (χ3v) is 5.13. The number of carbonyl (C=O) groups is 1. The van der Waals surface area contributed by atoms with Crippen molar-refractivity contribution in [1.29, 1.82) is 0 Å². The number of rotatable bonds is 5. The van der Waals surface area contributed by atoms with Crippen LogP contribution in [0, 0.1) is 6.92 Å². The van der Waals surface area contributed by atoms with Gasteiger partial charge in [0.25, 0.3) is 0 Å². The van der Waals surface area contributed by atoms with Crippen molar-refractivity contribution in [3.8, 4) is 0 Å².